The molecule has 5 nitrogen and oxygen atoms in total. The van der Waals surface area contributed by atoms with Crippen LogP contribution in [-0.4, -0.2) is 40.5 Å². The Morgan fingerprint density at radius 2 is 2.00 bits per heavy atom. The fourth-order valence-electron chi connectivity index (χ4n) is 1.19. The zero-order valence-electron chi connectivity index (χ0n) is 8.35. The third-order valence-electron chi connectivity index (χ3n) is 2.01. The average molecular weight is 246 g/mol. The van der Waals surface area contributed by atoms with Crippen molar-refractivity contribution in [1.82, 2.24) is 0 Å². The van der Waals surface area contributed by atoms with E-state index in [0.717, 1.165) is 0 Å². The minimum atomic E-state index is -1.10. The van der Waals surface area contributed by atoms with Crippen molar-refractivity contribution in [3.05, 3.63) is 28.8 Å². The van der Waals surface area contributed by atoms with Crippen LogP contribution in [0.4, 0.5) is 5.69 Å². The Balaban J connectivity index is 3.00. The second kappa shape index (κ2) is 5.69. The number of halogens is 1. The number of hydrogen-bond donors (Lipinski definition) is 4. The fraction of sp³-hybridized carbons (Fsp3) is 0.300. The lowest BCUT2D eigenvalue weighted by molar-refractivity contribution is 0.0697. The van der Waals surface area contributed by atoms with E-state index in [1.807, 2.05) is 0 Å². The van der Waals surface area contributed by atoms with E-state index >= 15 is 0 Å². The van der Waals surface area contributed by atoms with Crippen LogP contribution in [0.2, 0.25) is 5.02 Å². The van der Waals surface area contributed by atoms with E-state index in [1.165, 1.54) is 18.2 Å². The molecule has 0 radical (unpaired) electrons. The standard InChI is InChI=1S/C10H12ClNO4/c11-6-1-2-8(10(15)16)9(3-6)12-7(4-13)5-14/h1-3,7,12-14H,4-5H2,(H,15,16). The van der Waals surface area contributed by atoms with Gasteiger partial charge in [-0.1, -0.05) is 11.6 Å². The number of aromatic carboxylic acids is 1. The highest BCUT2D eigenvalue weighted by Gasteiger charge is 2.13. The fourth-order valence-corrected chi connectivity index (χ4v) is 1.36. The number of nitrogens with one attached hydrogen (secondary N) is 1. The van der Waals surface area contributed by atoms with Crippen LogP contribution in [0, 0.1) is 0 Å². The van der Waals surface area contributed by atoms with Crippen LogP contribution in [0.15, 0.2) is 18.2 Å². The first-order valence-electron chi connectivity index (χ1n) is 4.59. The van der Waals surface area contributed by atoms with Crippen molar-refractivity contribution in [1.29, 1.82) is 0 Å². The van der Waals surface area contributed by atoms with Gasteiger partial charge in [0.05, 0.1) is 30.5 Å². The summed E-state index contributed by atoms with van der Waals surface area (Å²) in [4.78, 5) is 10.9. The Kier molecular flexibility index (Phi) is 4.54. The predicted octanol–water partition coefficient (Wildman–Crippen LogP) is 0.803. The molecule has 0 saturated carbocycles. The summed E-state index contributed by atoms with van der Waals surface area (Å²) in [6.45, 7) is -0.607. The maximum absolute atomic E-state index is 10.9. The van der Waals surface area contributed by atoms with Crippen molar-refractivity contribution in [3.8, 4) is 0 Å². The Labute approximate surface area is 97.3 Å². The van der Waals surface area contributed by atoms with E-state index in [1.54, 1.807) is 0 Å². The molecule has 0 aliphatic rings. The molecule has 0 amide bonds. The smallest absolute Gasteiger partial charge is 0.337 e. The first-order valence-corrected chi connectivity index (χ1v) is 4.97. The van der Waals surface area contributed by atoms with Gasteiger partial charge >= 0.3 is 5.97 Å². The Morgan fingerprint density at radius 1 is 1.38 bits per heavy atom. The number of benzene rings is 1. The zero-order chi connectivity index (χ0) is 12.1. The number of aliphatic hydroxyl groups is 2. The lowest BCUT2D eigenvalue weighted by Gasteiger charge is -2.16. The second-order valence-electron chi connectivity index (χ2n) is 3.20. The van der Waals surface area contributed by atoms with Gasteiger partial charge in [-0.25, -0.2) is 4.79 Å². The van der Waals surface area contributed by atoms with Crippen LogP contribution in [0.25, 0.3) is 0 Å². The third-order valence-corrected chi connectivity index (χ3v) is 2.25. The number of hydrogen-bond acceptors (Lipinski definition) is 4. The van der Waals surface area contributed by atoms with Crippen molar-refractivity contribution >= 4 is 23.3 Å². The normalized spacial score (nSPS) is 10.5. The average Bonchev–Trinajstić information content (AvgIpc) is 2.25. The number of rotatable bonds is 5. The van der Waals surface area contributed by atoms with Gasteiger partial charge in [-0.2, -0.15) is 0 Å². The lowest BCUT2D eigenvalue weighted by atomic mass is 10.1. The van der Waals surface area contributed by atoms with Gasteiger partial charge < -0.3 is 20.6 Å². The van der Waals surface area contributed by atoms with Gasteiger partial charge in [0.1, 0.15) is 0 Å². The molecule has 0 aromatic heterocycles. The van der Waals surface area contributed by atoms with Gasteiger partial charge in [-0.15, -0.1) is 0 Å². The summed E-state index contributed by atoms with van der Waals surface area (Å²) in [5.74, 6) is -1.10. The highest BCUT2D eigenvalue weighted by atomic mass is 35.5. The number of aliphatic hydroxyl groups excluding tert-OH is 2. The van der Waals surface area contributed by atoms with E-state index < -0.39 is 12.0 Å². The Morgan fingerprint density at radius 3 is 2.50 bits per heavy atom. The molecule has 1 rings (SSSR count). The SMILES string of the molecule is O=C(O)c1ccc(Cl)cc1NC(CO)CO. The molecule has 88 valence electrons. The lowest BCUT2D eigenvalue weighted by Crippen LogP contribution is -2.28. The van der Waals surface area contributed by atoms with Crippen molar-refractivity contribution in [2.75, 3.05) is 18.5 Å². The topological polar surface area (TPSA) is 89.8 Å². The quantitative estimate of drug-likeness (QED) is 0.616. The highest BCUT2D eigenvalue weighted by molar-refractivity contribution is 6.31. The molecule has 1 aromatic carbocycles. The number of anilines is 1. The first kappa shape index (κ1) is 12.8. The number of carboxylic acid groups (broad SMARTS) is 1. The van der Waals surface area contributed by atoms with E-state index in [-0.39, 0.29) is 24.5 Å². The molecule has 0 unspecified atom stereocenters. The van der Waals surface area contributed by atoms with Crippen molar-refractivity contribution in [3.63, 3.8) is 0 Å². The summed E-state index contributed by atoms with van der Waals surface area (Å²) < 4.78 is 0. The molecule has 1 aromatic rings. The van der Waals surface area contributed by atoms with Crippen molar-refractivity contribution in [2.24, 2.45) is 0 Å². The monoisotopic (exact) mass is 245 g/mol. The number of carbonyl (C=O) groups is 1. The maximum Gasteiger partial charge on any atom is 0.337 e. The zero-order valence-corrected chi connectivity index (χ0v) is 9.11. The minimum Gasteiger partial charge on any atom is -0.478 e. The Hall–Kier alpha value is -1.30. The molecular formula is C10H12ClNO4. The molecule has 0 spiro atoms. The predicted molar refractivity (Wildman–Crippen MR) is 60.0 cm³/mol. The number of carboxylic acids is 1. The molecule has 0 saturated heterocycles. The van der Waals surface area contributed by atoms with Crippen LogP contribution in [0.5, 0.6) is 0 Å². The van der Waals surface area contributed by atoms with Gasteiger partial charge in [-0.3, -0.25) is 0 Å². The van der Waals surface area contributed by atoms with Gasteiger partial charge in [-0.05, 0) is 18.2 Å². The molecule has 6 heteroatoms. The van der Waals surface area contributed by atoms with Crippen LogP contribution in [0.1, 0.15) is 10.4 Å². The molecule has 16 heavy (non-hydrogen) atoms. The Bertz CT molecular complexity index is 379. The van der Waals surface area contributed by atoms with Crippen molar-refractivity contribution < 1.29 is 20.1 Å². The van der Waals surface area contributed by atoms with E-state index in [4.69, 9.17) is 26.9 Å². The second-order valence-corrected chi connectivity index (χ2v) is 3.64. The summed E-state index contributed by atoms with van der Waals surface area (Å²) in [6, 6.07) is 3.64. The highest BCUT2D eigenvalue weighted by Crippen LogP contribution is 2.21. The van der Waals surface area contributed by atoms with Crippen molar-refractivity contribution in [2.45, 2.75) is 6.04 Å². The summed E-state index contributed by atoms with van der Waals surface area (Å²) in [6.07, 6.45) is 0. The van der Waals surface area contributed by atoms with Crippen LogP contribution < -0.4 is 5.32 Å². The summed E-state index contributed by atoms with van der Waals surface area (Å²) in [7, 11) is 0. The summed E-state index contributed by atoms with van der Waals surface area (Å²) in [5, 5.41) is 29.8. The van der Waals surface area contributed by atoms with Gasteiger partial charge in [0.2, 0.25) is 0 Å². The van der Waals surface area contributed by atoms with E-state index in [9.17, 15) is 4.79 Å². The molecule has 0 aliphatic heterocycles. The van der Waals surface area contributed by atoms with Gasteiger partial charge in [0, 0.05) is 5.02 Å². The van der Waals surface area contributed by atoms with Crippen LogP contribution in [-0.2, 0) is 0 Å². The van der Waals surface area contributed by atoms with Gasteiger partial charge in [0.25, 0.3) is 0 Å². The molecule has 0 fully saturated rings. The van der Waals surface area contributed by atoms with E-state index in [0.29, 0.717) is 5.02 Å². The molecule has 0 bridgehead atoms. The maximum atomic E-state index is 10.9. The minimum absolute atomic E-state index is 0.0382. The van der Waals surface area contributed by atoms with E-state index in [2.05, 4.69) is 5.32 Å². The molecule has 0 heterocycles. The van der Waals surface area contributed by atoms with Gasteiger partial charge in [0.15, 0.2) is 0 Å². The third kappa shape index (κ3) is 3.10. The largest absolute Gasteiger partial charge is 0.478 e. The molecule has 4 N–H and O–H groups in total. The molecular weight excluding hydrogens is 234 g/mol. The summed E-state index contributed by atoms with van der Waals surface area (Å²) >= 11 is 5.73. The molecule has 0 atom stereocenters. The first-order chi connectivity index (χ1) is 7.58. The van der Waals surface area contributed by atoms with Crippen LogP contribution >= 0.6 is 11.6 Å². The molecule has 0 aliphatic carbocycles. The van der Waals surface area contributed by atoms with Crippen LogP contribution in [0.3, 0.4) is 0 Å². The summed E-state index contributed by atoms with van der Waals surface area (Å²) in [5.41, 5.74) is 0.310.